The van der Waals surface area contributed by atoms with Crippen molar-refractivity contribution >= 4 is 11.4 Å². The number of aromatic nitrogens is 1. The van der Waals surface area contributed by atoms with E-state index >= 15 is 0 Å². The molecule has 1 aromatic carbocycles. The van der Waals surface area contributed by atoms with E-state index in [-0.39, 0.29) is 5.75 Å². The number of nitrogens with zero attached hydrogens (tertiary/aromatic N) is 2. The first-order valence-electron chi connectivity index (χ1n) is 8.44. The molecule has 2 aromatic rings. The molecule has 5 nitrogen and oxygen atoms in total. The van der Waals surface area contributed by atoms with Crippen molar-refractivity contribution in [2.75, 3.05) is 18.5 Å². The number of hydrogen-bond acceptors (Lipinski definition) is 4. The maximum Gasteiger partial charge on any atom is 0.254 e. The Morgan fingerprint density at radius 3 is 2.26 bits per heavy atom. The molecular formula is C18H21F4N4O+. The second-order valence-corrected chi connectivity index (χ2v) is 5.98. The fourth-order valence-corrected chi connectivity index (χ4v) is 2.51. The Balaban J connectivity index is 2.29. The van der Waals surface area contributed by atoms with Gasteiger partial charge in [-0.1, -0.05) is 0 Å². The third kappa shape index (κ3) is 4.73. The summed E-state index contributed by atoms with van der Waals surface area (Å²) in [6, 6.07) is 4.79. The molecular weight excluding hydrogens is 364 g/mol. The first-order chi connectivity index (χ1) is 12.8. The lowest BCUT2D eigenvalue weighted by Gasteiger charge is -2.16. The number of halogens is 4. The van der Waals surface area contributed by atoms with Crippen LogP contribution in [-0.4, -0.2) is 28.9 Å². The largest absolute Gasteiger partial charge is 0.507 e. The van der Waals surface area contributed by atoms with Crippen LogP contribution < -0.4 is 10.3 Å². The van der Waals surface area contributed by atoms with E-state index in [2.05, 4.69) is 10.1 Å². The van der Waals surface area contributed by atoms with E-state index in [9.17, 15) is 22.7 Å². The zero-order chi connectivity index (χ0) is 20.1. The van der Waals surface area contributed by atoms with Gasteiger partial charge in [0.15, 0.2) is 0 Å². The summed E-state index contributed by atoms with van der Waals surface area (Å²) < 4.78 is 53.5. The van der Waals surface area contributed by atoms with Gasteiger partial charge >= 0.3 is 0 Å². The predicted octanol–water partition coefficient (Wildman–Crippen LogP) is 2.60. The third-order valence-corrected chi connectivity index (χ3v) is 4.27. The fraction of sp³-hybridized carbons (Fsp3) is 0.333. The average molecular weight is 385 g/mol. The minimum atomic E-state index is -1.77. The van der Waals surface area contributed by atoms with Crippen molar-refractivity contribution in [3.8, 4) is 5.75 Å². The molecule has 9 heteroatoms. The summed E-state index contributed by atoms with van der Waals surface area (Å²) in [6.07, 6.45) is 0. The molecule has 0 saturated heterocycles. The maximum atomic E-state index is 13.6. The van der Waals surface area contributed by atoms with Crippen LogP contribution in [0.25, 0.3) is 0 Å². The smallest absolute Gasteiger partial charge is 0.254 e. The van der Waals surface area contributed by atoms with Gasteiger partial charge in [-0.15, -0.1) is 0 Å². The van der Waals surface area contributed by atoms with E-state index in [1.165, 1.54) is 11.0 Å². The molecule has 3 N–H and O–H groups in total. The van der Waals surface area contributed by atoms with Gasteiger partial charge in [-0.3, -0.25) is 5.43 Å². The summed E-state index contributed by atoms with van der Waals surface area (Å²) in [7, 11) is 0. The van der Waals surface area contributed by atoms with Crippen LogP contribution in [-0.2, 0) is 6.54 Å². The number of benzene rings is 1. The first-order valence-corrected chi connectivity index (χ1v) is 8.44. The van der Waals surface area contributed by atoms with Crippen LogP contribution in [0.5, 0.6) is 5.75 Å². The molecule has 0 unspecified atom stereocenters. The highest BCUT2D eigenvalue weighted by molar-refractivity contribution is 5.99. The van der Waals surface area contributed by atoms with Crippen LogP contribution in [0.1, 0.15) is 31.9 Å². The van der Waals surface area contributed by atoms with Crippen molar-refractivity contribution in [2.45, 2.75) is 27.3 Å². The number of nitrogens with one attached hydrogen (secondary N) is 2. The lowest BCUT2D eigenvalue weighted by molar-refractivity contribution is -0.910. The van der Waals surface area contributed by atoms with Crippen molar-refractivity contribution < 1.29 is 27.6 Å². The van der Waals surface area contributed by atoms with Crippen LogP contribution in [0.15, 0.2) is 23.3 Å². The molecule has 0 atom stereocenters. The average Bonchev–Trinajstić information content (AvgIpc) is 2.65. The second kappa shape index (κ2) is 8.81. The Labute approximate surface area is 154 Å². The van der Waals surface area contributed by atoms with Crippen molar-refractivity contribution in [2.24, 2.45) is 5.10 Å². The van der Waals surface area contributed by atoms with Crippen LogP contribution in [0.3, 0.4) is 0 Å². The molecule has 1 heterocycles. The molecule has 0 spiro atoms. The van der Waals surface area contributed by atoms with Gasteiger partial charge in [-0.2, -0.15) is 27.6 Å². The fourth-order valence-electron chi connectivity index (χ4n) is 2.51. The number of phenols is 1. The van der Waals surface area contributed by atoms with Gasteiger partial charge in [0.1, 0.15) is 18.0 Å². The molecule has 0 fully saturated rings. The summed E-state index contributed by atoms with van der Waals surface area (Å²) in [5.74, 6) is -6.73. The van der Waals surface area contributed by atoms with Crippen molar-refractivity contribution in [1.29, 1.82) is 0 Å². The van der Waals surface area contributed by atoms with Crippen molar-refractivity contribution in [3.63, 3.8) is 0 Å². The molecule has 0 aliphatic rings. The van der Waals surface area contributed by atoms with Gasteiger partial charge < -0.3 is 10.0 Å². The van der Waals surface area contributed by atoms with Crippen molar-refractivity contribution in [1.82, 2.24) is 4.98 Å². The summed E-state index contributed by atoms with van der Waals surface area (Å²) in [4.78, 5) is 3.73. The Kier molecular flexibility index (Phi) is 6.73. The summed E-state index contributed by atoms with van der Waals surface area (Å²) >= 11 is 0. The highest BCUT2D eigenvalue weighted by atomic mass is 19.2. The molecule has 0 aliphatic heterocycles. The van der Waals surface area contributed by atoms with E-state index in [1.807, 2.05) is 19.3 Å². The lowest BCUT2D eigenvalue weighted by Crippen LogP contribution is -3.10. The van der Waals surface area contributed by atoms with Gasteiger partial charge in [0, 0.05) is 5.56 Å². The number of quaternary nitrogens is 1. The normalized spacial score (nSPS) is 11.9. The zero-order valence-electron chi connectivity index (χ0n) is 15.2. The van der Waals surface area contributed by atoms with Gasteiger partial charge in [0.2, 0.25) is 11.6 Å². The quantitative estimate of drug-likeness (QED) is 0.297. The zero-order valence-corrected chi connectivity index (χ0v) is 15.2. The van der Waals surface area contributed by atoms with E-state index in [1.54, 1.807) is 19.1 Å². The molecule has 146 valence electrons. The Morgan fingerprint density at radius 2 is 1.70 bits per heavy atom. The number of rotatable bonds is 7. The SMILES string of the molecule is CC[NH+](CC)Cc1cc(/C(C)=N/Nc2c(F)c(F)nc(F)c2F)ccc1O. The third-order valence-electron chi connectivity index (χ3n) is 4.27. The Hall–Kier alpha value is -2.68. The summed E-state index contributed by atoms with van der Waals surface area (Å²) in [5, 5.41) is 13.8. The predicted molar refractivity (Wildman–Crippen MR) is 93.8 cm³/mol. The van der Waals surface area contributed by atoms with Crippen LogP contribution >= 0.6 is 0 Å². The molecule has 2 rings (SSSR count). The Morgan fingerprint density at radius 1 is 1.11 bits per heavy atom. The highest BCUT2D eigenvalue weighted by Crippen LogP contribution is 2.23. The second-order valence-electron chi connectivity index (χ2n) is 5.98. The number of aromatic hydroxyl groups is 1. The highest BCUT2D eigenvalue weighted by Gasteiger charge is 2.20. The number of anilines is 1. The molecule has 0 aliphatic carbocycles. The van der Waals surface area contributed by atoms with E-state index in [0.717, 1.165) is 13.1 Å². The number of phenolic OH excluding ortho intramolecular Hbond substituents is 1. The van der Waals surface area contributed by atoms with Gasteiger partial charge in [0.25, 0.3) is 11.9 Å². The number of hydrogen-bond donors (Lipinski definition) is 3. The number of pyridine rings is 1. The van der Waals surface area contributed by atoms with Gasteiger partial charge in [-0.25, -0.2) is 0 Å². The van der Waals surface area contributed by atoms with Crippen LogP contribution in [0.2, 0.25) is 0 Å². The molecule has 27 heavy (non-hydrogen) atoms. The molecule has 1 aromatic heterocycles. The minimum Gasteiger partial charge on any atom is -0.507 e. The van der Waals surface area contributed by atoms with E-state index in [4.69, 9.17) is 0 Å². The monoisotopic (exact) mass is 385 g/mol. The molecule has 0 radical (unpaired) electrons. The summed E-state index contributed by atoms with van der Waals surface area (Å²) in [6.45, 7) is 7.98. The number of hydrazone groups is 1. The van der Waals surface area contributed by atoms with Gasteiger partial charge in [0.05, 0.1) is 18.8 Å². The van der Waals surface area contributed by atoms with Crippen LogP contribution in [0, 0.1) is 23.5 Å². The molecule has 0 bridgehead atoms. The van der Waals surface area contributed by atoms with Gasteiger partial charge in [-0.05, 0) is 44.5 Å². The summed E-state index contributed by atoms with van der Waals surface area (Å²) in [5.41, 5.74) is 2.53. The first kappa shape index (κ1) is 20.6. The molecule has 0 saturated carbocycles. The van der Waals surface area contributed by atoms with E-state index < -0.39 is 29.2 Å². The standard InChI is InChI=1S/C18H20F4N4O/c1-4-26(5-2)9-12-8-11(6-7-13(12)27)10(3)24-25-16-14(19)17(21)23-18(22)15(16)20/h6-8,27H,4-5,9H2,1-3H3,(H,23,25)/p+1/b24-10+. The minimum absolute atomic E-state index is 0.134. The lowest BCUT2D eigenvalue weighted by atomic mass is 10.1. The maximum absolute atomic E-state index is 13.6. The van der Waals surface area contributed by atoms with E-state index in [0.29, 0.717) is 23.4 Å². The topological polar surface area (TPSA) is 62.0 Å². The molecule has 0 amide bonds. The Bertz CT molecular complexity index is 827. The van der Waals surface area contributed by atoms with Crippen LogP contribution in [0.4, 0.5) is 23.2 Å². The van der Waals surface area contributed by atoms with Crippen molar-refractivity contribution in [3.05, 3.63) is 52.9 Å².